The van der Waals surface area contributed by atoms with E-state index >= 15 is 0 Å². The number of imidazole rings is 1. The third-order valence-corrected chi connectivity index (χ3v) is 7.51. The highest BCUT2D eigenvalue weighted by atomic mass is 32.2. The average Bonchev–Trinajstić information content (AvgIpc) is 3.41. The largest absolute Gasteiger partial charge is 0.332 e. The number of hydrogen-bond donors (Lipinski definition) is 0. The normalized spacial score (nSPS) is 11.7. The molecule has 0 unspecified atom stereocenters. The molecule has 0 atom stereocenters. The summed E-state index contributed by atoms with van der Waals surface area (Å²) < 4.78 is 4.42. The number of aromatic nitrogens is 5. The molecule has 0 aliphatic heterocycles. The summed E-state index contributed by atoms with van der Waals surface area (Å²) in [5, 5.41) is 3.14. The topological polar surface area (TPSA) is 74.7 Å². The van der Waals surface area contributed by atoms with Crippen LogP contribution in [0.4, 0.5) is 0 Å². The number of rotatable bonds is 8. The highest BCUT2D eigenvalue weighted by molar-refractivity contribution is 7.98. The average molecular weight is 470 g/mol. The lowest BCUT2D eigenvalue weighted by atomic mass is 10.0. The van der Waals surface area contributed by atoms with Crippen LogP contribution >= 0.6 is 23.1 Å². The van der Waals surface area contributed by atoms with Crippen LogP contribution < -0.4 is 11.2 Å². The van der Waals surface area contributed by atoms with Gasteiger partial charge in [-0.15, -0.1) is 11.3 Å². The summed E-state index contributed by atoms with van der Waals surface area (Å²) in [6.45, 7) is 4.78. The number of nitrogens with zero attached hydrogens (tertiary/aromatic N) is 5. The summed E-state index contributed by atoms with van der Waals surface area (Å²) >= 11 is 3.43. The van der Waals surface area contributed by atoms with E-state index in [1.165, 1.54) is 14.7 Å². The van der Waals surface area contributed by atoms with E-state index < -0.39 is 0 Å². The molecule has 0 bridgehead atoms. The smallest absolute Gasteiger partial charge is 0.328 e. The lowest BCUT2D eigenvalue weighted by molar-refractivity contribution is 0.594. The van der Waals surface area contributed by atoms with Crippen LogP contribution in [0.2, 0.25) is 0 Å². The van der Waals surface area contributed by atoms with Gasteiger partial charge in [0.05, 0.1) is 12.0 Å². The first kappa shape index (κ1) is 22.5. The van der Waals surface area contributed by atoms with E-state index in [2.05, 4.69) is 48.5 Å². The first-order valence-corrected chi connectivity index (χ1v) is 12.6. The van der Waals surface area contributed by atoms with Gasteiger partial charge in [0, 0.05) is 37.3 Å². The Morgan fingerprint density at radius 3 is 2.59 bits per heavy atom. The lowest BCUT2D eigenvalue weighted by Gasteiger charge is -2.08. The lowest BCUT2D eigenvalue weighted by Crippen LogP contribution is -2.39. The van der Waals surface area contributed by atoms with Crippen molar-refractivity contribution in [2.75, 3.05) is 5.75 Å². The van der Waals surface area contributed by atoms with E-state index in [0.29, 0.717) is 23.6 Å². The summed E-state index contributed by atoms with van der Waals surface area (Å²) in [6.07, 6.45) is 2.29. The van der Waals surface area contributed by atoms with Crippen LogP contribution in [-0.2, 0) is 26.4 Å². The van der Waals surface area contributed by atoms with Gasteiger partial charge in [0.1, 0.15) is 5.01 Å². The molecule has 3 aromatic heterocycles. The molecular formula is C23H27N5O2S2. The number of thioether (sulfide) groups is 1. The second-order valence-electron chi connectivity index (χ2n) is 8.15. The molecule has 9 heteroatoms. The number of thiazole rings is 1. The van der Waals surface area contributed by atoms with E-state index in [-0.39, 0.29) is 11.2 Å². The zero-order valence-corrected chi connectivity index (χ0v) is 20.4. The van der Waals surface area contributed by atoms with Crippen molar-refractivity contribution in [1.82, 2.24) is 23.7 Å². The Labute approximate surface area is 194 Å². The highest BCUT2D eigenvalue weighted by Gasteiger charge is 2.14. The fraction of sp³-hybridized carbons (Fsp3) is 0.391. The van der Waals surface area contributed by atoms with Crippen molar-refractivity contribution in [2.45, 2.75) is 38.5 Å². The van der Waals surface area contributed by atoms with Gasteiger partial charge in [0.2, 0.25) is 0 Å². The molecule has 0 aliphatic rings. The molecule has 1 aromatic carbocycles. The molecule has 0 saturated heterocycles. The van der Waals surface area contributed by atoms with Crippen molar-refractivity contribution < 1.29 is 0 Å². The van der Waals surface area contributed by atoms with Crippen LogP contribution in [-0.4, -0.2) is 29.4 Å². The fourth-order valence-electron chi connectivity index (χ4n) is 3.61. The maximum atomic E-state index is 12.7. The maximum absolute atomic E-state index is 12.7. The van der Waals surface area contributed by atoms with Gasteiger partial charge in [-0.25, -0.2) is 14.8 Å². The predicted molar refractivity (Wildman–Crippen MR) is 133 cm³/mol. The minimum Gasteiger partial charge on any atom is -0.328 e. The Balaban J connectivity index is 1.34. The van der Waals surface area contributed by atoms with E-state index in [1.54, 1.807) is 48.1 Å². The molecule has 0 radical (unpaired) electrons. The summed E-state index contributed by atoms with van der Waals surface area (Å²) in [5.41, 5.74) is 3.82. The van der Waals surface area contributed by atoms with Crippen molar-refractivity contribution in [2.24, 2.45) is 14.1 Å². The standard InChI is InChI=1S/C23H27N5O2S2/c1-15(2)16-6-8-17(9-7-16)21-25-18(13-32-21)12-31-11-5-10-28-22(29)19-20(24-14-26(19)3)27(4)23(28)30/h6-9,13-15H,5,10-12H2,1-4H3. The summed E-state index contributed by atoms with van der Waals surface area (Å²) in [5.74, 6) is 2.18. The zero-order chi connectivity index (χ0) is 22.8. The first-order valence-electron chi connectivity index (χ1n) is 10.6. The molecule has 7 nitrogen and oxygen atoms in total. The van der Waals surface area contributed by atoms with Crippen LogP contribution in [0.15, 0.2) is 45.6 Å². The van der Waals surface area contributed by atoms with Crippen LogP contribution in [0, 0.1) is 0 Å². The molecule has 0 saturated carbocycles. The minimum atomic E-state index is -0.321. The third-order valence-electron chi connectivity index (χ3n) is 5.50. The van der Waals surface area contributed by atoms with Gasteiger partial charge in [0.25, 0.3) is 5.56 Å². The number of hydrogen-bond acceptors (Lipinski definition) is 6. The molecule has 3 heterocycles. The number of fused-ring (bicyclic) bond motifs is 1. The molecule has 0 aliphatic carbocycles. The SMILES string of the molecule is CC(C)c1ccc(-c2nc(CSCCCn3c(=O)c4c(ncn4C)n(C)c3=O)cs2)cc1. The maximum Gasteiger partial charge on any atom is 0.332 e. The fourth-order valence-corrected chi connectivity index (χ4v) is 5.38. The second kappa shape index (κ2) is 9.46. The van der Waals surface area contributed by atoms with Gasteiger partial charge >= 0.3 is 5.69 Å². The molecule has 0 amide bonds. The number of aryl methyl sites for hydroxylation is 2. The van der Waals surface area contributed by atoms with E-state index in [4.69, 9.17) is 4.98 Å². The minimum absolute atomic E-state index is 0.277. The van der Waals surface area contributed by atoms with Gasteiger partial charge in [-0.05, 0) is 23.7 Å². The molecule has 168 valence electrons. The second-order valence-corrected chi connectivity index (χ2v) is 10.1. The van der Waals surface area contributed by atoms with E-state index in [9.17, 15) is 9.59 Å². The zero-order valence-electron chi connectivity index (χ0n) is 18.7. The van der Waals surface area contributed by atoms with E-state index in [1.807, 2.05) is 0 Å². The van der Waals surface area contributed by atoms with Gasteiger partial charge in [-0.1, -0.05) is 38.1 Å². The molecule has 0 spiro atoms. The Bertz CT molecular complexity index is 1350. The van der Waals surface area contributed by atoms with Crippen molar-refractivity contribution >= 4 is 34.3 Å². The van der Waals surface area contributed by atoms with E-state index in [0.717, 1.165) is 34.2 Å². The summed E-state index contributed by atoms with van der Waals surface area (Å²) in [6, 6.07) is 8.63. The van der Waals surface area contributed by atoms with Crippen molar-refractivity contribution in [3.05, 3.63) is 68.1 Å². The summed E-state index contributed by atoms with van der Waals surface area (Å²) in [4.78, 5) is 34.2. The van der Waals surface area contributed by atoms with Gasteiger partial charge in [-0.3, -0.25) is 13.9 Å². The molecular weight excluding hydrogens is 442 g/mol. The molecule has 0 fully saturated rings. The Kier molecular flexibility index (Phi) is 6.66. The van der Waals surface area contributed by atoms with Crippen molar-refractivity contribution in [3.63, 3.8) is 0 Å². The third kappa shape index (κ3) is 4.45. The molecule has 0 N–H and O–H groups in total. The van der Waals surface area contributed by atoms with Gasteiger partial charge in [0.15, 0.2) is 11.2 Å². The Hall–Kier alpha value is -2.65. The Morgan fingerprint density at radius 1 is 1.12 bits per heavy atom. The molecule has 32 heavy (non-hydrogen) atoms. The molecule has 4 aromatic rings. The van der Waals surface area contributed by atoms with Crippen molar-refractivity contribution in [1.29, 1.82) is 0 Å². The van der Waals surface area contributed by atoms with Gasteiger partial charge < -0.3 is 4.57 Å². The monoisotopic (exact) mass is 469 g/mol. The highest BCUT2D eigenvalue weighted by Crippen LogP contribution is 2.27. The first-order chi connectivity index (χ1) is 15.4. The number of benzene rings is 1. The molecule has 4 rings (SSSR count). The van der Waals surface area contributed by atoms with Crippen LogP contribution in [0.1, 0.15) is 37.4 Å². The summed E-state index contributed by atoms with van der Waals surface area (Å²) in [7, 11) is 3.42. The van der Waals surface area contributed by atoms with Crippen LogP contribution in [0.25, 0.3) is 21.7 Å². The quantitative estimate of drug-likeness (QED) is 0.365. The van der Waals surface area contributed by atoms with Gasteiger partial charge in [-0.2, -0.15) is 11.8 Å². The predicted octanol–water partition coefficient (Wildman–Crippen LogP) is 4.00. The Morgan fingerprint density at radius 2 is 1.88 bits per heavy atom. The van der Waals surface area contributed by atoms with Crippen LogP contribution in [0.3, 0.4) is 0 Å². The van der Waals surface area contributed by atoms with Crippen LogP contribution in [0.5, 0.6) is 0 Å². The van der Waals surface area contributed by atoms with Crippen molar-refractivity contribution in [3.8, 4) is 10.6 Å².